The molecule has 0 radical (unpaired) electrons. The third-order valence-electron chi connectivity index (χ3n) is 2.01. The summed E-state index contributed by atoms with van der Waals surface area (Å²) >= 11 is 0. The molecule has 0 bridgehead atoms. The molecule has 0 aliphatic rings. The quantitative estimate of drug-likeness (QED) is 0.444. The summed E-state index contributed by atoms with van der Waals surface area (Å²) in [5, 5.41) is 0. The van der Waals surface area contributed by atoms with Gasteiger partial charge in [-0.25, -0.2) is 0 Å². The summed E-state index contributed by atoms with van der Waals surface area (Å²) in [7, 11) is 0. The molecule has 0 rings (SSSR count). The zero-order valence-electron chi connectivity index (χ0n) is 7.68. The van der Waals surface area contributed by atoms with Crippen molar-refractivity contribution in [2.45, 2.75) is 51.5 Å². The second-order valence-corrected chi connectivity index (χ2v) is 3.10. The van der Waals surface area contributed by atoms with E-state index in [0.717, 1.165) is 12.8 Å². The smallest absolute Gasteiger partial charge is 0.00362 e. The molecule has 1 heteroatoms. The van der Waals surface area contributed by atoms with Crippen molar-refractivity contribution in [1.82, 2.24) is 0 Å². The molecule has 1 unspecified atom stereocenters. The molecule has 0 heterocycles. The largest absolute Gasteiger partial charge is 0.328 e. The fraction of sp³-hybridized carbons (Fsp3) is 0.800. The predicted octanol–water partition coefficient (Wildman–Crippen LogP) is 2.86. The molecule has 0 fully saturated rings. The summed E-state index contributed by atoms with van der Waals surface area (Å²) in [6.45, 7) is 5.83. The average molecular weight is 155 g/mol. The molecule has 2 N–H and O–H groups in total. The van der Waals surface area contributed by atoms with E-state index in [0.29, 0.717) is 6.04 Å². The van der Waals surface area contributed by atoms with E-state index in [-0.39, 0.29) is 0 Å². The number of hydrogen-bond acceptors (Lipinski definition) is 1. The third-order valence-corrected chi connectivity index (χ3v) is 2.01. The standard InChI is InChI=1S/C10H21N/c1-3-5-6-7-8-9-10(11)4-2/h3,10H,1,4-9,11H2,2H3. The minimum Gasteiger partial charge on any atom is -0.328 e. The van der Waals surface area contributed by atoms with Gasteiger partial charge in [0.2, 0.25) is 0 Å². The van der Waals surface area contributed by atoms with Gasteiger partial charge in [0.1, 0.15) is 0 Å². The van der Waals surface area contributed by atoms with Crippen LogP contribution in [0.3, 0.4) is 0 Å². The Labute approximate surface area is 70.7 Å². The molecule has 0 amide bonds. The fourth-order valence-electron chi connectivity index (χ4n) is 1.08. The second-order valence-electron chi connectivity index (χ2n) is 3.10. The van der Waals surface area contributed by atoms with E-state index in [1.807, 2.05) is 6.08 Å². The van der Waals surface area contributed by atoms with Crippen LogP contribution in [0.15, 0.2) is 12.7 Å². The van der Waals surface area contributed by atoms with Gasteiger partial charge in [0.15, 0.2) is 0 Å². The molecule has 66 valence electrons. The highest BCUT2D eigenvalue weighted by Crippen LogP contribution is 2.06. The maximum atomic E-state index is 5.77. The Balaban J connectivity index is 2.95. The Hall–Kier alpha value is -0.300. The molecule has 0 aromatic carbocycles. The van der Waals surface area contributed by atoms with Gasteiger partial charge in [0.25, 0.3) is 0 Å². The maximum Gasteiger partial charge on any atom is 0.00362 e. The SMILES string of the molecule is C=CCCCCCC(N)CC. The average Bonchev–Trinajstić information content (AvgIpc) is 2.04. The van der Waals surface area contributed by atoms with E-state index in [2.05, 4.69) is 13.5 Å². The molecule has 0 spiro atoms. The zero-order valence-corrected chi connectivity index (χ0v) is 7.68. The number of nitrogens with two attached hydrogens (primary N) is 1. The van der Waals surface area contributed by atoms with Crippen molar-refractivity contribution >= 4 is 0 Å². The molecule has 0 aromatic rings. The molecule has 0 aliphatic heterocycles. The Bertz CT molecular complexity index is 88.9. The van der Waals surface area contributed by atoms with Crippen LogP contribution in [0.25, 0.3) is 0 Å². The highest BCUT2D eigenvalue weighted by Gasteiger charge is 1.96. The van der Waals surface area contributed by atoms with Crippen molar-refractivity contribution in [3.63, 3.8) is 0 Å². The van der Waals surface area contributed by atoms with Gasteiger partial charge in [0, 0.05) is 6.04 Å². The van der Waals surface area contributed by atoms with Crippen LogP contribution in [0.1, 0.15) is 45.4 Å². The van der Waals surface area contributed by atoms with Gasteiger partial charge in [-0.3, -0.25) is 0 Å². The minimum absolute atomic E-state index is 0.429. The van der Waals surface area contributed by atoms with Crippen molar-refractivity contribution < 1.29 is 0 Å². The van der Waals surface area contributed by atoms with E-state index >= 15 is 0 Å². The van der Waals surface area contributed by atoms with Crippen LogP contribution in [0.2, 0.25) is 0 Å². The normalized spacial score (nSPS) is 12.9. The summed E-state index contributed by atoms with van der Waals surface area (Å²) < 4.78 is 0. The molecule has 0 saturated heterocycles. The third kappa shape index (κ3) is 7.60. The summed E-state index contributed by atoms with van der Waals surface area (Å²) in [6, 6.07) is 0.429. The van der Waals surface area contributed by atoms with Crippen LogP contribution in [0.5, 0.6) is 0 Å². The summed E-state index contributed by atoms with van der Waals surface area (Å²) in [4.78, 5) is 0. The van der Waals surface area contributed by atoms with Crippen LogP contribution < -0.4 is 5.73 Å². The Morgan fingerprint density at radius 2 is 2.09 bits per heavy atom. The summed E-state index contributed by atoms with van der Waals surface area (Å²) in [5.74, 6) is 0. The van der Waals surface area contributed by atoms with Crippen molar-refractivity contribution in [3.05, 3.63) is 12.7 Å². The van der Waals surface area contributed by atoms with Crippen LogP contribution in [-0.4, -0.2) is 6.04 Å². The van der Waals surface area contributed by atoms with Crippen LogP contribution >= 0.6 is 0 Å². The first-order valence-corrected chi connectivity index (χ1v) is 4.67. The Morgan fingerprint density at radius 1 is 1.36 bits per heavy atom. The number of allylic oxidation sites excluding steroid dienone is 1. The number of rotatable bonds is 7. The van der Waals surface area contributed by atoms with Gasteiger partial charge in [-0.15, -0.1) is 6.58 Å². The van der Waals surface area contributed by atoms with Gasteiger partial charge in [-0.1, -0.05) is 25.8 Å². The summed E-state index contributed by atoms with van der Waals surface area (Å²) in [6.07, 6.45) is 9.30. The van der Waals surface area contributed by atoms with Crippen LogP contribution in [0, 0.1) is 0 Å². The monoisotopic (exact) mass is 155 g/mol. The highest BCUT2D eigenvalue weighted by molar-refractivity contribution is 4.66. The van der Waals surface area contributed by atoms with Gasteiger partial charge in [0.05, 0.1) is 0 Å². The topological polar surface area (TPSA) is 26.0 Å². The molecule has 0 aliphatic carbocycles. The number of unbranched alkanes of at least 4 members (excludes halogenated alkanes) is 3. The van der Waals surface area contributed by atoms with Gasteiger partial charge in [-0.2, -0.15) is 0 Å². The minimum atomic E-state index is 0.429. The first-order valence-electron chi connectivity index (χ1n) is 4.67. The first kappa shape index (κ1) is 10.7. The molecular formula is C10H21N. The van der Waals surface area contributed by atoms with Crippen molar-refractivity contribution in [2.75, 3.05) is 0 Å². The van der Waals surface area contributed by atoms with Crippen LogP contribution in [0.4, 0.5) is 0 Å². The lowest BCUT2D eigenvalue weighted by atomic mass is 10.1. The van der Waals surface area contributed by atoms with E-state index < -0.39 is 0 Å². The van der Waals surface area contributed by atoms with E-state index in [1.165, 1.54) is 25.7 Å². The number of hydrogen-bond donors (Lipinski definition) is 1. The lowest BCUT2D eigenvalue weighted by Gasteiger charge is -2.06. The lowest BCUT2D eigenvalue weighted by molar-refractivity contribution is 0.542. The predicted molar refractivity (Wildman–Crippen MR) is 51.5 cm³/mol. The Morgan fingerprint density at radius 3 is 2.64 bits per heavy atom. The Kier molecular flexibility index (Phi) is 7.59. The summed E-state index contributed by atoms with van der Waals surface area (Å²) in [5.41, 5.74) is 5.77. The van der Waals surface area contributed by atoms with Crippen molar-refractivity contribution in [2.24, 2.45) is 5.73 Å². The lowest BCUT2D eigenvalue weighted by Crippen LogP contribution is -2.17. The van der Waals surface area contributed by atoms with Crippen molar-refractivity contribution in [3.8, 4) is 0 Å². The van der Waals surface area contributed by atoms with Crippen LogP contribution in [-0.2, 0) is 0 Å². The van der Waals surface area contributed by atoms with E-state index in [1.54, 1.807) is 0 Å². The maximum absolute atomic E-state index is 5.77. The van der Waals surface area contributed by atoms with Gasteiger partial charge >= 0.3 is 0 Å². The first-order chi connectivity index (χ1) is 5.31. The van der Waals surface area contributed by atoms with E-state index in [9.17, 15) is 0 Å². The zero-order chi connectivity index (χ0) is 8.53. The van der Waals surface area contributed by atoms with Gasteiger partial charge < -0.3 is 5.73 Å². The highest BCUT2D eigenvalue weighted by atomic mass is 14.6. The molecule has 1 atom stereocenters. The molecule has 1 nitrogen and oxygen atoms in total. The van der Waals surface area contributed by atoms with E-state index in [4.69, 9.17) is 5.73 Å². The molecule has 0 saturated carbocycles. The van der Waals surface area contributed by atoms with Gasteiger partial charge in [-0.05, 0) is 25.7 Å². The molecule has 0 aromatic heterocycles. The molecule has 11 heavy (non-hydrogen) atoms. The second kappa shape index (κ2) is 7.80. The molecular weight excluding hydrogens is 134 g/mol. The van der Waals surface area contributed by atoms with Crippen molar-refractivity contribution in [1.29, 1.82) is 0 Å². The fourth-order valence-corrected chi connectivity index (χ4v) is 1.08.